The van der Waals surface area contributed by atoms with Gasteiger partial charge in [-0.25, -0.2) is 0 Å². The van der Waals surface area contributed by atoms with Gasteiger partial charge in [0.25, 0.3) is 0 Å². The lowest BCUT2D eigenvalue weighted by Gasteiger charge is -2.15. The van der Waals surface area contributed by atoms with Crippen molar-refractivity contribution in [3.05, 3.63) is 65.7 Å². The Kier molecular flexibility index (Phi) is 4.74. The average molecular weight is 295 g/mol. The fourth-order valence-electron chi connectivity index (χ4n) is 2.82. The van der Waals surface area contributed by atoms with Gasteiger partial charge in [-0.05, 0) is 36.1 Å². The molecule has 2 aromatic rings. The van der Waals surface area contributed by atoms with Gasteiger partial charge >= 0.3 is 0 Å². The van der Waals surface area contributed by atoms with Crippen molar-refractivity contribution in [2.45, 2.75) is 31.8 Å². The topological polar surface area (TPSA) is 38.3 Å². The van der Waals surface area contributed by atoms with E-state index in [0.29, 0.717) is 6.61 Å². The standard InChI is InChI=1S/C19H21NO2/c21-19-18(11-4-5-12-20-19)16-9-6-10-17(13-16)22-14-15-7-2-1-3-8-15/h1-3,6-10,13,18H,4-5,11-12,14H2,(H,20,21)/t18-/m1/s1. The Bertz CT molecular complexity index is 624. The van der Waals surface area contributed by atoms with E-state index in [1.165, 1.54) is 0 Å². The number of benzene rings is 2. The van der Waals surface area contributed by atoms with Crippen LogP contribution in [0.25, 0.3) is 0 Å². The van der Waals surface area contributed by atoms with Gasteiger partial charge in [-0.15, -0.1) is 0 Å². The molecule has 114 valence electrons. The summed E-state index contributed by atoms with van der Waals surface area (Å²) in [5.41, 5.74) is 2.19. The number of amides is 1. The molecule has 3 nitrogen and oxygen atoms in total. The minimum atomic E-state index is -0.0530. The van der Waals surface area contributed by atoms with Crippen LogP contribution in [0, 0.1) is 0 Å². The summed E-state index contributed by atoms with van der Waals surface area (Å²) in [6, 6.07) is 18.0. The summed E-state index contributed by atoms with van der Waals surface area (Å²) in [5.74, 6) is 0.902. The molecule has 0 saturated carbocycles. The first-order valence-electron chi connectivity index (χ1n) is 7.87. The molecular weight excluding hydrogens is 274 g/mol. The minimum Gasteiger partial charge on any atom is -0.489 e. The van der Waals surface area contributed by atoms with Crippen LogP contribution in [0.1, 0.15) is 36.3 Å². The van der Waals surface area contributed by atoms with E-state index in [1.54, 1.807) is 0 Å². The molecule has 1 N–H and O–H groups in total. The molecule has 0 radical (unpaired) electrons. The Balaban J connectivity index is 1.70. The summed E-state index contributed by atoms with van der Waals surface area (Å²) >= 11 is 0. The third kappa shape index (κ3) is 3.67. The highest BCUT2D eigenvalue weighted by Gasteiger charge is 2.22. The Hall–Kier alpha value is -2.29. The third-order valence-electron chi connectivity index (χ3n) is 4.04. The monoisotopic (exact) mass is 295 g/mol. The van der Waals surface area contributed by atoms with E-state index in [0.717, 1.165) is 42.7 Å². The molecule has 0 aromatic heterocycles. The van der Waals surface area contributed by atoms with E-state index in [-0.39, 0.29) is 11.8 Å². The average Bonchev–Trinajstić information content (AvgIpc) is 2.79. The van der Waals surface area contributed by atoms with Crippen LogP contribution in [0.4, 0.5) is 0 Å². The molecule has 1 heterocycles. The molecule has 0 spiro atoms. The van der Waals surface area contributed by atoms with E-state index in [2.05, 4.69) is 5.32 Å². The van der Waals surface area contributed by atoms with Gasteiger partial charge in [-0.1, -0.05) is 48.9 Å². The van der Waals surface area contributed by atoms with Gasteiger partial charge in [0.1, 0.15) is 12.4 Å². The molecule has 0 unspecified atom stereocenters. The predicted molar refractivity (Wildman–Crippen MR) is 86.8 cm³/mol. The predicted octanol–water partition coefficient (Wildman–Crippen LogP) is 3.65. The summed E-state index contributed by atoms with van der Waals surface area (Å²) in [4.78, 5) is 12.2. The van der Waals surface area contributed by atoms with Gasteiger partial charge in [0, 0.05) is 6.54 Å². The van der Waals surface area contributed by atoms with E-state index in [9.17, 15) is 4.79 Å². The Morgan fingerprint density at radius 2 is 1.91 bits per heavy atom. The minimum absolute atomic E-state index is 0.0530. The third-order valence-corrected chi connectivity index (χ3v) is 4.04. The first kappa shape index (κ1) is 14.6. The molecule has 2 aromatic carbocycles. The molecule has 1 saturated heterocycles. The first-order valence-corrected chi connectivity index (χ1v) is 7.87. The fourth-order valence-corrected chi connectivity index (χ4v) is 2.82. The van der Waals surface area contributed by atoms with Gasteiger partial charge in [-0.3, -0.25) is 4.79 Å². The zero-order valence-electron chi connectivity index (χ0n) is 12.6. The molecule has 1 fully saturated rings. The highest BCUT2D eigenvalue weighted by atomic mass is 16.5. The van der Waals surface area contributed by atoms with Crippen molar-refractivity contribution in [3.63, 3.8) is 0 Å². The van der Waals surface area contributed by atoms with Crippen molar-refractivity contribution in [1.29, 1.82) is 0 Å². The fraction of sp³-hybridized carbons (Fsp3) is 0.316. The number of hydrogen-bond acceptors (Lipinski definition) is 2. The molecule has 22 heavy (non-hydrogen) atoms. The van der Waals surface area contributed by atoms with Crippen molar-refractivity contribution in [3.8, 4) is 5.75 Å². The molecule has 1 aliphatic rings. The lowest BCUT2D eigenvalue weighted by molar-refractivity contribution is -0.122. The van der Waals surface area contributed by atoms with Gasteiger partial charge < -0.3 is 10.1 Å². The number of carbonyl (C=O) groups is 1. The maximum Gasteiger partial charge on any atom is 0.227 e. The van der Waals surface area contributed by atoms with Gasteiger partial charge in [-0.2, -0.15) is 0 Å². The Labute approximate surface area is 131 Å². The summed E-state index contributed by atoms with van der Waals surface area (Å²) < 4.78 is 5.86. The number of hydrogen-bond donors (Lipinski definition) is 1. The van der Waals surface area contributed by atoms with E-state index >= 15 is 0 Å². The van der Waals surface area contributed by atoms with E-state index in [4.69, 9.17) is 4.74 Å². The smallest absolute Gasteiger partial charge is 0.227 e. The van der Waals surface area contributed by atoms with Crippen LogP contribution in [0.2, 0.25) is 0 Å². The summed E-state index contributed by atoms with van der Waals surface area (Å²) in [7, 11) is 0. The maximum absolute atomic E-state index is 12.2. The quantitative estimate of drug-likeness (QED) is 0.935. The van der Waals surface area contributed by atoms with Crippen LogP contribution in [-0.4, -0.2) is 12.5 Å². The summed E-state index contributed by atoms with van der Waals surface area (Å²) in [5, 5.41) is 2.99. The first-order chi connectivity index (χ1) is 10.8. The molecule has 0 bridgehead atoms. The molecular formula is C19H21NO2. The van der Waals surface area contributed by atoms with Crippen LogP contribution >= 0.6 is 0 Å². The SMILES string of the molecule is O=C1NCCCC[C@@H]1c1cccc(OCc2ccccc2)c1. The van der Waals surface area contributed by atoms with Crippen molar-refractivity contribution in [1.82, 2.24) is 5.32 Å². The molecule has 0 aliphatic carbocycles. The lowest BCUT2D eigenvalue weighted by atomic mass is 9.94. The lowest BCUT2D eigenvalue weighted by Crippen LogP contribution is -2.27. The normalized spacial score (nSPS) is 18.4. The number of rotatable bonds is 4. The highest BCUT2D eigenvalue weighted by Crippen LogP contribution is 2.27. The molecule has 3 rings (SSSR count). The Morgan fingerprint density at radius 1 is 1.05 bits per heavy atom. The van der Waals surface area contributed by atoms with Crippen molar-refractivity contribution >= 4 is 5.91 Å². The van der Waals surface area contributed by atoms with Crippen LogP contribution in [-0.2, 0) is 11.4 Å². The zero-order valence-corrected chi connectivity index (χ0v) is 12.6. The molecule has 1 atom stereocenters. The second-order valence-electron chi connectivity index (χ2n) is 5.69. The van der Waals surface area contributed by atoms with Crippen molar-refractivity contribution < 1.29 is 9.53 Å². The van der Waals surface area contributed by atoms with Crippen LogP contribution in [0.5, 0.6) is 5.75 Å². The van der Waals surface area contributed by atoms with Crippen LogP contribution in [0.15, 0.2) is 54.6 Å². The second kappa shape index (κ2) is 7.12. The molecule has 1 aliphatic heterocycles. The molecule has 3 heteroatoms. The van der Waals surface area contributed by atoms with Gasteiger partial charge in [0.15, 0.2) is 0 Å². The highest BCUT2D eigenvalue weighted by molar-refractivity contribution is 5.83. The van der Waals surface area contributed by atoms with E-state index in [1.807, 2.05) is 54.6 Å². The van der Waals surface area contributed by atoms with E-state index < -0.39 is 0 Å². The second-order valence-corrected chi connectivity index (χ2v) is 5.69. The van der Waals surface area contributed by atoms with Gasteiger partial charge in [0.2, 0.25) is 5.91 Å². The molecule has 1 amide bonds. The van der Waals surface area contributed by atoms with Gasteiger partial charge in [0.05, 0.1) is 5.92 Å². The maximum atomic E-state index is 12.2. The van der Waals surface area contributed by atoms with Crippen LogP contribution < -0.4 is 10.1 Å². The Morgan fingerprint density at radius 3 is 2.77 bits per heavy atom. The van der Waals surface area contributed by atoms with Crippen molar-refractivity contribution in [2.75, 3.05) is 6.54 Å². The number of nitrogens with one attached hydrogen (secondary N) is 1. The number of carbonyl (C=O) groups excluding carboxylic acids is 1. The zero-order chi connectivity index (χ0) is 15.2. The van der Waals surface area contributed by atoms with Crippen LogP contribution in [0.3, 0.4) is 0 Å². The van der Waals surface area contributed by atoms with Crippen molar-refractivity contribution in [2.24, 2.45) is 0 Å². The summed E-state index contributed by atoms with van der Waals surface area (Å²) in [6.07, 6.45) is 3.05. The largest absolute Gasteiger partial charge is 0.489 e. The summed E-state index contributed by atoms with van der Waals surface area (Å²) in [6.45, 7) is 1.33. The number of ether oxygens (including phenoxy) is 1.